The van der Waals surface area contributed by atoms with E-state index in [-0.39, 0.29) is 11.9 Å². The monoisotopic (exact) mass is 357 g/mol. The minimum Gasteiger partial charge on any atom is -0.339 e. The van der Waals surface area contributed by atoms with E-state index in [2.05, 4.69) is 46.3 Å². The first-order valence-electron chi connectivity index (χ1n) is 7.73. The van der Waals surface area contributed by atoms with Gasteiger partial charge in [-0.1, -0.05) is 52.3 Å². The fourth-order valence-corrected chi connectivity index (χ4v) is 3.58. The standard InChI is InChI=1S/C19H20BrNO/c1-21(19(22)12-7-14-5-3-2-4-6-14)18-11-9-15-8-10-16(20)13-17(15)18/h2-6,8,10,13,18H,7,9,11-12H2,1H3. The first-order valence-corrected chi connectivity index (χ1v) is 8.52. The van der Waals surface area contributed by atoms with Crippen molar-refractivity contribution >= 4 is 21.8 Å². The van der Waals surface area contributed by atoms with Crippen molar-refractivity contribution in [2.45, 2.75) is 31.7 Å². The summed E-state index contributed by atoms with van der Waals surface area (Å²) in [5.41, 5.74) is 3.89. The highest BCUT2D eigenvalue weighted by atomic mass is 79.9. The Labute approximate surface area is 140 Å². The average Bonchev–Trinajstić information content (AvgIpc) is 2.95. The minimum atomic E-state index is 0.218. The quantitative estimate of drug-likeness (QED) is 0.787. The molecule has 3 rings (SSSR count). The van der Waals surface area contributed by atoms with Crippen LogP contribution in [-0.4, -0.2) is 17.9 Å². The number of rotatable bonds is 4. The highest BCUT2D eigenvalue weighted by Gasteiger charge is 2.28. The van der Waals surface area contributed by atoms with E-state index in [1.165, 1.54) is 16.7 Å². The minimum absolute atomic E-state index is 0.218. The SMILES string of the molecule is CN(C(=O)CCc1ccccc1)C1CCc2ccc(Br)cc21. The van der Waals surface area contributed by atoms with Crippen LogP contribution in [0.2, 0.25) is 0 Å². The highest BCUT2D eigenvalue weighted by Crippen LogP contribution is 2.36. The lowest BCUT2D eigenvalue weighted by Crippen LogP contribution is -2.30. The third-order valence-electron chi connectivity index (χ3n) is 4.49. The van der Waals surface area contributed by atoms with Gasteiger partial charge in [0, 0.05) is 17.9 Å². The van der Waals surface area contributed by atoms with E-state index in [0.717, 1.165) is 23.7 Å². The van der Waals surface area contributed by atoms with Crippen LogP contribution in [0.25, 0.3) is 0 Å². The van der Waals surface area contributed by atoms with E-state index >= 15 is 0 Å². The summed E-state index contributed by atoms with van der Waals surface area (Å²) in [6.45, 7) is 0. The van der Waals surface area contributed by atoms with Crippen LogP contribution in [0, 0.1) is 0 Å². The van der Waals surface area contributed by atoms with E-state index in [1.54, 1.807) is 0 Å². The summed E-state index contributed by atoms with van der Waals surface area (Å²) in [6, 6.07) is 16.8. The van der Waals surface area contributed by atoms with Gasteiger partial charge in [-0.3, -0.25) is 4.79 Å². The molecule has 1 amide bonds. The highest BCUT2D eigenvalue weighted by molar-refractivity contribution is 9.10. The van der Waals surface area contributed by atoms with Crippen molar-refractivity contribution in [3.8, 4) is 0 Å². The van der Waals surface area contributed by atoms with Gasteiger partial charge >= 0.3 is 0 Å². The van der Waals surface area contributed by atoms with Gasteiger partial charge in [0.25, 0.3) is 0 Å². The molecule has 3 heteroatoms. The largest absolute Gasteiger partial charge is 0.339 e. The molecule has 2 nitrogen and oxygen atoms in total. The third-order valence-corrected chi connectivity index (χ3v) is 4.98. The van der Waals surface area contributed by atoms with Crippen LogP contribution < -0.4 is 0 Å². The molecular formula is C19H20BrNO. The van der Waals surface area contributed by atoms with Crippen LogP contribution in [0.15, 0.2) is 53.0 Å². The molecule has 0 N–H and O–H groups in total. The molecule has 2 aromatic carbocycles. The third kappa shape index (κ3) is 3.25. The molecule has 0 aromatic heterocycles. The Balaban J connectivity index is 1.66. The van der Waals surface area contributed by atoms with E-state index in [1.807, 2.05) is 30.1 Å². The molecule has 1 aliphatic carbocycles. The maximum atomic E-state index is 12.5. The first kappa shape index (κ1) is 15.3. The molecule has 0 radical (unpaired) electrons. The molecule has 2 aromatic rings. The van der Waals surface area contributed by atoms with Crippen molar-refractivity contribution in [3.63, 3.8) is 0 Å². The summed E-state index contributed by atoms with van der Waals surface area (Å²) in [6.07, 6.45) is 3.46. The summed E-state index contributed by atoms with van der Waals surface area (Å²) in [4.78, 5) is 14.4. The van der Waals surface area contributed by atoms with Crippen molar-refractivity contribution in [2.75, 3.05) is 7.05 Å². The van der Waals surface area contributed by atoms with Crippen LogP contribution in [0.3, 0.4) is 0 Å². The summed E-state index contributed by atoms with van der Waals surface area (Å²) in [5.74, 6) is 0.224. The fraction of sp³-hybridized carbons (Fsp3) is 0.316. The lowest BCUT2D eigenvalue weighted by molar-refractivity contribution is -0.132. The van der Waals surface area contributed by atoms with Gasteiger partial charge in [-0.15, -0.1) is 0 Å². The molecule has 0 saturated heterocycles. The normalized spacial score (nSPS) is 16.4. The molecule has 0 saturated carbocycles. The second-order valence-electron chi connectivity index (χ2n) is 5.89. The molecule has 1 unspecified atom stereocenters. The van der Waals surface area contributed by atoms with Crippen LogP contribution in [0.1, 0.15) is 35.6 Å². The summed E-state index contributed by atoms with van der Waals surface area (Å²) < 4.78 is 1.09. The number of nitrogens with zero attached hydrogens (tertiary/aromatic N) is 1. The molecule has 0 aliphatic heterocycles. The Morgan fingerprint density at radius 2 is 2.00 bits per heavy atom. The molecular weight excluding hydrogens is 338 g/mol. The van der Waals surface area contributed by atoms with Crippen LogP contribution in [0.5, 0.6) is 0 Å². The van der Waals surface area contributed by atoms with E-state index in [9.17, 15) is 4.79 Å². The van der Waals surface area contributed by atoms with Crippen molar-refractivity contribution < 1.29 is 4.79 Å². The molecule has 0 heterocycles. The maximum Gasteiger partial charge on any atom is 0.223 e. The maximum absolute atomic E-state index is 12.5. The van der Waals surface area contributed by atoms with Crippen molar-refractivity contribution in [1.82, 2.24) is 4.90 Å². The van der Waals surface area contributed by atoms with Gasteiger partial charge in [0.05, 0.1) is 6.04 Å². The number of fused-ring (bicyclic) bond motifs is 1. The van der Waals surface area contributed by atoms with Gasteiger partial charge in [0.1, 0.15) is 0 Å². The van der Waals surface area contributed by atoms with Crippen LogP contribution in [-0.2, 0) is 17.6 Å². The fourth-order valence-electron chi connectivity index (χ4n) is 3.20. The van der Waals surface area contributed by atoms with Crippen molar-refractivity contribution in [2.24, 2.45) is 0 Å². The van der Waals surface area contributed by atoms with Crippen molar-refractivity contribution in [3.05, 3.63) is 69.7 Å². The summed E-state index contributed by atoms with van der Waals surface area (Å²) >= 11 is 3.54. The van der Waals surface area contributed by atoms with Crippen LogP contribution >= 0.6 is 15.9 Å². The molecule has 114 valence electrons. The number of hydrogen-bond donors (Lipinski definition) is 0. The molecule has 1 atom stereocenters. The van der Waals surface area contributed by atoms with Crippen LogP contribution in [0.4, 0.5) is 0 Å². The lowest BCUT2D eigenvalue weighted by atomic mass is 10.1. The molecule has 1 aliphatic rings. The molecule has 0 bridgehead atoms. The van der Waals surface area contributed by atoms with E-state index < -0.39 is 0 Å². The number of halogens is 1. The van der Waals surface area contributed by atoms with E-state index in [4.69, 9.17) is 0 Å². The molecule has 22 heavy (non-hydrogen) atoms. The lowest BCUT2D eigenvalue weighted by Gasteiger charge is -2.25. The average molecular weight is 358 g/mol. The topological polar surface area (TPSA) is 20.3 Å². The zero-order valence-electron chi connectivity index (χ0n) is 12.8. The van der Waals surface area contributed by atoms with Gasteiger partial charge in [-0.05, 0) is 48.1 Å². The first-order chi connectivity index (χ1) is 10.6. The number of carbonyl (C=O) groups is 1. The predicted octanol–water partition coefficient (Wildman–Crippen LogP) is 4.53. The summed E-state index contributed by atoms with van der Waals surface area (Å²) in [7, 11) is 1.94. The zero-order chi connectivity index (χ0) is 15.5. The smallest absolute Gasteiger partial charge is 0.223 e. The van der Waals surface area contributed by atoms with Crippen molar-refractivity contribution in [1.29, 1.82) is 0 Å². The number of carbonyl (C=O) groups excluding carboxylic acids is 1. The Morgan fingerprint density at radius 1 is 1.23 bits per heavy atom. The van der Waals surface area contributed by atoms with Gasteiger partial charge in [-0.2, -0.15) is 0 Å². The van der Waals surface area contributed by atoms with Gasteiger partial charge in [0.15, 0.2) is 0 Å². The number of hydrogen-bond acceptors (Lipinski definition) is 1. The Hall–Kier alpha value is -1.61. The number of amides is 1. The van der Waals surface area contributed by atoms with E-state index in [0.29, 0.717) is 6.42 Å². The van der Waals surface area contributed by atoms with Gasteiger partial charge in [0.2, 0.25) is 5.91 Å². The predicted molar refractivity (Wildman–Crippen MR) is 92.7 cm³/mol. The van der Waals surface area contributed by atoms with Gasteiger partial charge in [-0.25, -0.2) is 0 Å². The molecule has 0 spiro atoms. The Morgan fingerprint density at radius 3 is 2.77 bits per heavy atom. The van der Waals surface area contributed by atoms with Gasteiger partial charge < -0.3 is 4.90 Å². The summed E-state index contributed by atoms with van der Waals surface area (Å²) in [5, 5.41) is 0. The Bertz CT molecular complexity index is 668. The molecule has 0 fully saturated rings. The zero-order valence-corrected chi connectivity index (χ0v) is 14.3. The Kier molecular flexibility index (Phi) is 4.63. The second kappa shape index (κ2) is 6.66. The number of aryl methyl sites for hydroxylation is 2. The number of benzene rings is 2. The second-order valence-corrected chi connectivity index (χ2v) is 6.80.